The van der Waals surface area contributed by atoms with Crippen LogP contribution in [0.3, 0.4) is 0 Å². The summed E-state index contributed by atoms with van der Waals surface area (Å²) in [4.78, 5) is 13.3. The number of nitrogens with zero attached hydrogens (tertiary/aromatic N) is 1. The summed E-state index contributed by atoms with van der Waals surface area (Å²) in [5.74, 6) is -1.41. The van der Waals surface area contributed by atoms with Crippen molar-refractivity contribution in [3.05, 3.63) is 22.9 Å². The third-order valence-corrected chi connectivity index (χ3v) is 0.799. The van der Waals surface area contributed by atoms with Gasteiger partial charge in [0.05, 0.1) is 6.57 Å². The van der Waals surface area contributed by atoms with Crippen molar-refractivity contribution >= 4 is 5.97 Å². The predicted molar refractivity (Wildman–Crippen MR) is 36.9 cm³/mol. The van der Waals surface area contributed by atoms with E-state index in [1.165, 1.54) is 6.92 Å². The molecular weight excluding hydrogens is 210 g/mol. The van der Waals surface area contributed by atoms with E-state index >= 15 is 0 Å². The van der Waals surface area contributed by atoms with Crippen molar-refractivity contribution in [3.8, 4) is 12.5 Å². The van der Waals surface area contributed by atoms with Gasteiger partial charge in [0.15, 0.2) is 0 Å². The second kappa shape index (κ2) is 6.30. The van der Waals surface area contributed by atoms with E-state index in [0.717, 1.165) is 0 Å². The van der Waals surface area contributed by atoms with E-state index < -0.39 is 17.4 Å². The smallest absolute Gasteiger partial charge is 0.354 e. The maximum atomic E-state index is 10.6. The first-order valence-electron chi connectivity index (χ1n) is 2.57. The second-order valence-corrected chi connectivity index (χ2v) is 1.55. The van der Waals surface area contributed by atoms with Gasteiger partial charge in [0.25, 0.3) is 0 Å². The Balaban J connectivity index is 0. The van der Waals surface area contributed by atoms with Crippen molar-refractivity contribution in [2.45, 2.75) is 6.92 Å². The minimum absolute atomic E-state index is 0. The molecule has 0 aromatic heterocycles. The van der Waals surface area contributed by atoms with E-state index in [0.29, 0.717) is 0 Å². The summed E-state index contributed by atoms with van der Waals surface area (Å²) in [6.45, 7) is 7.64. The van der Waals surface area contributed by atoms with Gasteiger partial charge in [-0.1, -0.05) is 6.42 Å². The predicted octanol–water partition coefficient (Wildman–Crippen LogP) is 0.827. The summed E-state index contributed by atoms with van der Waals surface area (Å²) >= 11 is 0. The van der Waals surface area contributed by atoms with Gasteiger partial charge >= 0.3 is 11.7 Å². The molecule has 0 spiro atoms. The van der Waals surface area contributed by atoms with Crippen LogP contribution in [0.25, 0.3) is 4.85 Å². The van der Waals surface area contributed by atoms with Gasteiger partial charge in [0, 0.05) is 17.1 Å². The SMILES string of the molecule is [C-]#[N+]/C(C(=O)OC#C)=C(\C)O.[Cu]. The van der Waals surface area contributed by atoms with E-state index in [-0.39, 0.29) is 17.1 Å². The first-order valence-corrected chi connectivity index (χ1v) is 2.57. The van der Waals surface area contributed by atoms with Gasteiger partial charge in [-0.25, -0.2) is 4.85 Å². The minimum Gasteiger partial charge on any atom is -0.523 e. The van der Waals surface area contributed by atoms with Crippen LogP contribution in [0.5, 0.6) is 0 Å². The fourth-order valence-corrected chi connectivity index (χ4v) is 0.376. The number of hydrogen-bond donors (Lipinski definition) is 1. The van der Waals surface area contributed by atoms with Crippen LogP contribution in [0.15, 0.2) is 11.5 Å². The summed E-state index contributed by atoms with van der Waals surface area (Å²) in [6, 6.07) is 0. The van der Waals surface area contributed by atoms with Gasteiger partial charge in [-0.2, -0.15) is 0 Å². The van der Waals surface area contributed by atoms with E-state index in [9.17, 15) is 4.79 Å². The van der Waals surface area contributed by atoms with Crippen LogP contribution in [-0.4, -0.2) is 11.1 Å². The van der Waals surface area contributed by atoms with Crippen molar-refractivity contribution in [1.82, 2.24) is 0 Å². The summed E-state index contributed by atoms with van der Waals surface area (Å²) in [5, 5.41) is 8.71. The Hall–Kier alpha value is -1.42. The number of hydrogen-bond acceptors (Lipinski definition) is 3. The molecule has 0 aliphatic heterocycles. The number of allylic oxidation sites excluding steroid dienone is 1. The zero-order valence-electron chi connectivity index (χ0n) is 6.09. The van der Waals surface area contributed by atoms with Crippen LogP contribution in [0.4, 0.5) is 0 Å². The van der Waals surface area contributed by atoms with E-state index in [2.05, 4.69) is 16.0 Å². The standard InChI is InChI=1S/C7H5NO3.Cu/c1-4-11-7(10)6(8-3)5(2)9;/h1,9H,2H3;/b6-5+;. The molecule has 67 valence electrons. The summed E-state index contributed by atoms with van der Waals surface area (Å²) in [5.41, 5.74) is -0.497. The molecule has 0 amide bonds. The van der Waals surface area contributed by atoms with Crippen molar-refractivity contribution in [3.63, 3.8) is 0 Å². The molecule has 0 bridgehead atoms. The first-order chi connectivity index (χ1) is 5.13. The van der Waals surface area contributed by atoms with Gasteiger partial charge in [0.1, 0.15) is 11.9 Å². The van der Waals surface area contributed by atoms with E-state index in [1.807, 2.05) is 0 Å². The van der Waals surface area contributed by atoms with Gasteiger partial charge in [-0.3, -0.25) is 4.79 Å². The number of aliphatic hydroxyl groups excluding tert-OH is 1. The van der Waals surface area contributed by atoms with E-state index in [1.54, 1.807) is 6.11 Å². The molecule has 0 heterocycles. The van der Waals surface area contributed by atoms with Crippen molar-refractivity contribution in [2.75, 3.05) is 0 Å². The fraction of sp³-hybridized carbons (Fsp3) is 0.143. The van der Waals surface area contributed by atoms with Crippen molar-refractivity contribution < 1.29 is 31.7 Å². The Bertz CT molecular complexity index is 278. The number of ether oxygens (including phenoxy) is 1. The Kier molecular flexibility index (Phi) is 6.92. The Morgan fingerprint density at radius 3 is 2.50 bits per heavy atom. The summed E-state index contributed by atoms with van der Waals surface area (Å²) < 4.78 is 4.01. The largest absolute Gasteiger partial charge is 0.523 e. The molecular formula is C7H5CuNO3. The first kappa shape index (κ1) is 13.2. The van der Waals surface area contributed by atoms with E-state index in [4.69, 9.17) is 11.7 Å². The number of esters is 1. The molecule has 0 saturated heterocycles. The van der Waals surface area contributed by atoms with Crippen molar-refractivity contribution in [2.24, 2.45) is 0 Å². The normalized spacial score (nSPS) is 9.58. The molecule has 12 heavy (non-hydrogen) atoms. The molecule has 5 heteroatoms. The maximum absolute atomic E-state index is 10.6. The van der Waals surface area contributed by atoms with Crippen LogP contribution in [-0.2, 0) is 26.6 Å². The molecule has 0 unspecified atom stereocenters. The number of carbonyl (C=O) groups is 1. The van der Waals surface area contributed by atoms with Crippen LogP contribution >= 0.6 is 0 Å². The van der Waals surface area contributed by atoms with Gasteiger partial charge in [-0.05, 0) is 6.92 Å². The Morgan fingerprint density at radius 2 is 2.25 bits per heavy atom. The molecule has 0 fully saturated rings. The third kappa shape index (κ3) is 3.68. The zero-order valence-corrected chi connectivity index (χ0v) is 7.03. The molecule has 0 aliphatic carbocycles. The molecule has 0 aromatic rings. The molecule has 1 radical (unpaired) electrons. The van der Waals surface area contributed by atoms with Gasteiger partial charge in [-0.15, -0.1) is 0 Å². The summed E-state index contributed by atoms with van der Waals surface area (Å²) in [6.07, 6.45) is 6.22. The fourth-order valence-electron chi connectivity index (χ4n) is 0.376. The Morgan fingerprint density at radius 1 is 1.75 bits per heavy atom. The van der Waals surface area contributed by atoms with Crippen LogP contribution < -0.4 is 0 Å². The van der Waals surface area contributed by atoms with Gasteiger partial charge in [0.2, 0.25) is 0 Å². The monoisotopic (exact) mass is 214 g/mol. The number of rotatable bonds is 1. The van der Waals surface area contributed by atoms with Crippen molar-refractivity contribution in [1.29, 1.82) is 0 Å². The average molecular weight is 215 g/mol. The van der Waals surface area contributed by atoms with Gasteiger partial charge < -0.3 is 9.84 Å². The van der Waals surface area contributed by atoms with Crippen LogP contribution in [0, 0.1) is 19.1 Å². The quantitative estimate of drug-likeness (QED) is 0.176. The molecule has 1 N–H and O–H groups in total. The Labute approximate surface area is 80.5 Å². The maximum Gasteiger partial charge on any atom is 0.354 e. The zero-order chi connectivity index (χ0) is 8.85. The third-order valence-electron chi connectivity index (χ3n) is 0.799. The molecule has 0 aliphatic rings. The minimum atomic E-state index is -1.01. The summed E-state index contributed by atoms with van der Waals surface area (Å²) in [7, 11) is 0. The number of aliphatic hydroxyl groups is 1. The van der Waals surface area contributed by atoms with Crippen LogP contribution in [0.1, 0.15) is 6.92 Å². The molecule has 0 atom stereocenters. The number of terminal acetylenes is 1. The average Bonchev–Trinajstić information content (AvgIpc) is 1.88. The molecule has 4 nitrogen and oxygen atoms in total. The molecule has 0 aromatic carbocycles. The molecule has 0 saturated carbocycles. The molecule has 0 rings (SSSR count). The van der Waals surface area contributed by atoms with Crippen LogP contribution in [0.2, 0.25) is 0 Å². The second-order valence-electron chi connectivity index (χ2n) is 1.55. The topological polar surface area (TPSA) is 50.9 Å². The number of carbonyl (C=O) groups excluding carboxylic acids is 1.